The minimum Gasteiger partial charge on any atom is -0.347 e. The molecule has 0 aliphatic carbocycles. The highest BCUT2D eigenvalue weighted by molar-refractivity contribution is 5.93. The number of hydrogen-bond donors (Lipinski definition) is 2. The number of aromatic nitrogens is 1. The van der Waals surface area contributed by atoms with Crippen LogP contribution < -0.4 is 10.6 Å². The molecular weight excluding hydrogens is 316 g/mol. The van der Waals surface area contributed by atoms with Crippen LogP contribution >= 0.6 is 0 Å². The average Bonchev–Trinajstić information content (AvgIpc) is 3.22. The Morgan fingerprint density at radius 3 is 2.84 bits per heavy atom. The van der Waals surface area contributed by atoms with E-state index in [9.17, 15) is 9.59 Å². The number of nitrogens with zero attached hydrogens (tertiary/aromatic N) is 2. The fourth-order valence-electron chi connectivity index (χ4n) is 3.38. The summed E-state index contributed by atoms with van der Waals surface area (Å²) in [4.78, 5) is 25.8. The number of benzene rings is 1. The van der Waals surface area contributed by atoms with E-state index in [1.807, 2.05) is 30.0 Å². The van der Waals surface area contributed by atoms with Crippen LogP contribution in [0.5, 0.6) is 0 Å². The van der Waals surface area contributed by atoms with Crippen LogP contribution in [0.1, 0.15) is 33.1 Å². The van der Waals surface area contributed by atoms with Crippen molar-refractivity contribution in [3.8, 4) is 0 Å². The number of anilines is 1. The number of nitrogens with one attached hydrogen (secondary N) is 2. The average molecular weight is 342 g/mol. The summed E-state index contributed by atoms with van der Waals surface area (Å²) in [5.41, 5.74) is 1.90. The van der Waals surface area contributed by atoms with Gasteiger partial charge in [-0.1, -0.05) is 19.9 Å². The van der Waals surface area contributed by atoms with Gasteiger partial charge in [-0.15, -0.1) is 0 Å². The Balaban J connectivity index is 1.60. The Morgan fingerprint density at radius 1 is 1.24 bits per heavy atom. The molecule has 1 saturated heterocycles. The van der Waals surface area contributed by atoms with Gasteiger partial charge in [0.1, 0.15) is 0 Å². The maximum Gasteiger partial charge on any atom is 0.319 e. The molecule has 1 aromatic heterocycles. The topological polar surface area (TPSA) is 66.4 Å². The van der Waals surface area contributed by atoms with E-state index in [-0.39, 0.29) is 18.0 Å². The van der Waals surface area contributed by atoms with Crippen LogP contribution in [0.25, 0.3) is 10.9 Å². The zero-order valence-electron chi connectivity index (χ0n) is 14.9. The third-order valence-electron chi connectivity index (χ3n) is 4.67. The van der Waals surface area contributed by atoms with Crippen LogP contribution in [-0.2, 0) is 11.3 Å². The fraction of sp³-hybridized carbons (Fsp3) is 0.474. The van der Waals surface area contributed by atoms with Gasteiger partial charge in [0.05, 0.1) is 5.52 Å². The number of rotatable bonds is 5. The van der Waals surface area contributed by atoms with Gasteiger partial charge in [0, 0.05) is 44.0 Å². The van der Waals surface area contributed by atoms with Crippen molar-refractivity contribution in [1.82, 2.24) is 14.8 Å². The highest BCUT2D eigenvalue weighted by Crippen LogP contribution is 2.21. The smallest absolute Gasteiger partial charge is 0.319 e. The lowest BCUT2D eigenvalue weighted by Crippen LogP contribution is -2.40. The third kappa shape index (κ3) is 3.95. The van der Waals surface area contributed by atoms with E-state index in [2.05, 4.69) is 34.4 Å². The number of carbonyl (C=O) groups is 2. The van der Waals surface area contributed by atoms with Crippen molar-refractivity contribution < 1.29 is 9.59 Å². The molecule has 0 saturated carbocycles. The van der Waals surface area contributed by atoms with Crippen molar-refractivity contribution >= 4 is 28.5 Å². The first-order valence-electron chi connectivity index (χ1n) is 9.05. The first kappa shape index (κ1) is 17.3. The van der Waals surface area contributed by atoms with Gasteiger partial charge in [0.15, 0.2) is 0 Å². The largest absolute Gasteiger partial charge is 0.347 e. The Morgan fingerprint density at radius 2 is 2.08 bits per heavy atom. The summed E-state index contributed by atoms with van der Waals surface area (Å²) < 4.78 is 2.20. The lowest BCUT2D eigenvalue weighted by atomic mass is 10.2. The molecule has 0 spiro atoms. The number of fused-ring (bicyclic) bond motifs is 1. The van der Waals surface area contributed by atoms with Gasteiger partial charge in [-0.2, -0.15) is 0 Å². The molecule has 0 radical (unpaired) electrons. The van der Waals surface area contributed by atoms with Crippen LogP contribution in [0.2, 0.25) is 0 Å². The number of amides is 3. The van der Waals surface area contributed by atoms with Crippen LogP contribution in [0.3, 0.4) is 0 Å². The number of hydrogen-bond acceptors (Lipinski definition) is 2. The van der Waals surface area contributed by atoms with Gasteiger partial charge in [-0.25, -0.2) is 4.79 Å². The molecule has 2 aromatic rings. The molecule has 1 atom stereocenters. The molecule has 0 bridgehead atoms. The second kappa shape index (κ2) is 7.59. The molecule has 2 N–H and O–H groups in total. The molecule has 6 nitrogen and oxygen atoms in total. The van der Waals surface area contributed by atoms with E-state index >= 15 is 0 Å². The van der Waals surface area contributed by atoms with Crippen molar-refractivity contribution in [3.63, 3.8) is 0 Å². The summed E-state index contributed by atoms with van der Waals surface area (Å²) in [7, 11) is 0. The lowest BCUT2D eigenvalue weighted by Gasteiger charge is -2.16. The van der Waals surface area contributed by atoms with Crippen molar-refractivity contribution in [3.05, 3.63) is 30.5 Å². The lowest BCUT2D eigenvalue weighted by molar-refractivity contribution is -0.129. The van der Waals surface area contributed by atoms with Crippen LogP contribution in [0.15, 0.2) is 30.5 Å². The van der Waals surface area contributed by atoms with Gasteiger partial charge in [0.2, 0.25) is 5.91 Å². The van der Waals surface area contributed by atoms with E-state index in [4.69, 9.17) is 0 Å². The molecule has 1 aliphatic rings. The Hall–Kier alpha value is -2.50. The van der Waals surface area contributed by atoms with Gasteiger partial charge in [-0.3, -0.25) is 4.79 Å². The van der Waals surface area contributed by atoms with E-state index in [1.54, 1.807) is 0 Å². The first-order valence-corrected chi connectivity index (χ1v) is 9.05. The van der Waals surface area contributed by atoms with Crippen LogP contribution in [0, 0.1) is 0 Å². The Kier molecular flexibility index (Phi) is 5.26. The van der Waals surface area contributed by atoms with E-state index in [1.165, 1.54) is 5.39 Å². The van der Waals surface area contributed by atoms with E-state index in [0.717, 1.165) is 30.6 Å². The Bertz CT molecular complexity index is 768. The molecule has 6 heteroatoms. The predicted octanol–water partition coefficient (Wildman–Crippen LogP) is 3.18. The monoisotopic (exact) mass is 342 g/mol. The van der Waals surface area contributed by atoms with Gasteiger partial charge < -0.3 is 20.1 Å². The Labute approximate surface area is 148 Å². The molecule has 3 amide bonds. The molecule has 3 rings (SSSR count). The quantitative estimate of drug-likeness (QED) is 0.876. The normalized spacial score (nSPS) is 17.0. The van der Waals surface area contributed by atoms with E-state index in [0.29, 0.717) is 19.5 Å². The molecule has 25 heavy (non-hydrogen) atoms. The van der Waals surface area contributed by atoms with Gasteiger partial charge in [-0.05, 0) is 36.4 Å². The second-order valence-corrected chi connectivity index (χ2v) is 6.56. The highest BCUT2D eigenvalue weighted by atomic mass is 16.2. The van der Waals surface area contributed by atoms with Crippen molar-refractivity contribution in [2.75, 3.05) is 18.4 Å². The minimum atomic E-state index is -0.219. The molecule has 1 aliphatic heterocycles. The zero-order chi connectivity index (χ0) is 17.8. The number of likely N-dealkylation sites (tertiary alicyclic amines) is 1. The summed E-state index contributed by atoms with van der Waals surface area (Å²) >= 11 is 0. The number of urea groups is 1. The van der Waals surface area contributed by atoms with Crippen LogP contribution in [-0.4, -0.2) is 40.5 Å². The van der Waals surface area contributed by atoms with Crippen molar-refractivity contribution in [2.45, 2.75) is 45.7 Å². The summed E-state index contributed by atoms with van der Waals surface area (Å²) in [6, 6.07) is 7.83. The molecule has 134 valence electrons. The zero-order valence-corrected chi connectivity index (χ0v) is 14.9. The summed E-state index contributed by atoms with van der Waals surface area (Å²) in [5.74, 6) is 0.145. The highest BCUT2D eigenvalue weighted by Gasteiger charge is 2.26. The molecule has 1 fully saturated rings. The fourth-order valence-corrected chi connectivity index (χ4v) is 3.38. The van der Waals surface area contributed by atoms with Crippen LogP contribution in [0.4, 0.5) is 10.5 Å². The maximum absolute atomic E-state index is 12.3. The molecular formula is C19H26N4O2. The first-order chi connectivity index (χ1) is 12.1. The number of aryl methyl sites for hydroxylation is 1. The summed E-state index contributed by atoms with van der Waals surface area (Å²) in [6.07, 6.45) is 4.46. The minimum absolute atomic E-state index is 0.0168. The predicted molar refractivity (Wildman–Crippen MR) is 99.7 cm³/mol. The summed E-state index contributed by atoms with van der Waals surface area (Å²) in [5, 5.41) is 7.05. The standard InChI is InChI=1S/C19H26N4O2/c1-3-9-22-10-7-14-5-6-15(12-17(14)22)20-19(25)21-16-8-11-23(13-16)18(24)4-2/h5-7,10,12,16H,3-4,8-9,11,13H2,1-2H3,(H2,20,21,25)/t16-/m0/s1. The molecule has 1 aromatic carbocycles. The maximum atomic E-state index is 12.3. The van der Waals surface area contributed by atoms with E-state index < -0.39 is 0 Å². The van der Waals surface area contributed by atoms with Gasteiger partial charge >= 0.3 is 6.03 Å². The second-order valence-electron chi connectivity index (χ2n) is 6.56. The molecule has 2 heterocycles. The van der Waals surface area contributed by atoms with Gasteiger partial charge in [0.25, 0.3) is 0 Å². The van der Waals surface area contributed by atoms with Crippen molar-refractivity contribution in [2.24, 2.45) is 0 Å². The number of carbonyl (C=O) groups excluding carboxylic acids is 2. The van der Waals surface area contributed by atoms with Crippen molar-refractivity contribution in [1.29, 1.82) is 0 Å². The third-order valence-corrected chi connectivity index (χ3v) is 4.67. The molecule has 0 unspecified atom stereocenters. The summed E-state index contributed by atoms with van der Waals surface area (Å²) in [6.45, 7) is 6.28. The SMILES string of the molecule is CCCn1ccc2ccc(NC(=O)N[C@H]3CCN(C(=O)CC)C3)cc21.